The molecule has 3 rings (SSSR count). The van der Waals surface area contributed by atoms with Gasteiger partial charge in [-0.2, -0.15) is 0 Å². The Kier molecular flexibility index (Phi) is 4.11. The third-order valence-corrected chi connectivity index (χ3v) is 7.56. The van der Waals surface area contributed by atoms with Crippen LogP contribution >= 0.6 is 0 Å². The van der Waals surface area contributed by atoms with E-state index in [9.17, 15) is 14.7 Å². The topological polar surface area (TPSA) is 63.6 Å². The highest BCUT2D eigenvalue weighted by molar-refractivity contribution is 5.82. The number of methoxy groups -OCH3 is 1. The van der Waals surface area contributed by atoms with E-state index in [1.807, 2.05) is 13.8 Å². The molecule has 3 fully saturated rings. The Labute approximate surface area is 139 Å². The van der Waals surface area contributed by atoms with Crippen LogP contribution in [0.5, 0.6) is 0 Å². The van der Waals surface area contributed by atoms with E-state index in [2.05, 4.69) is 6.92 Å². The molecule has 1 N–H and O–H groups in total. The predicted octanol–water partition coefficient (Wildman–Crippen LogP) is 2.97. The van der Waals surface area contributed by atoms with Crippen LogP contribution in [-0.2, 0) is 14.3 Å². The van der Waals surface area contributed by atoms with Crippen molar-refractivity contribution in [2.75, 3.05) is 7.11 Å². The molecule has 3 aliphatic carbocycles. The number of Topliss-reactive ketones (excluding diaryl/α,β-unsaturated/α-hetero) is 1. The number of ether oxygens (including phenoxy) is 1. The fraction of sp³-hybridized carbons (Fsp3) is 0.895. The lowest BCUT2D eigenvalue weighted by atomic mass is 9.43. The maximum Gasteiger partial charge on any atom is 0.311 e. The first-order chi connectivity index (χ1) is 10.7. The average molecular weight is 322 g/mol. The van der Waals surface area contributed by atoms with Crippen molar-refractivity contribution in [3.8, 4) is 0 Å². The lowest BCUT2D eigenvalue weighted by Crippen LogP contribution is -2.60. The van der Waals surface area contributed by atoms with Crippen molar-refractivity contribution in [3.05, 3.63) is 0 Å². The number of carbonyl (C=O) groups excluding carboxylic acids is 2. The number of ketones is 1. The largest absolute Gasteiger partial charge is 0.469 e. The summed E-state index contributed by atoms with van der Waals surface area (Å²) in [5.41, 5.74) is -0.502. The van der Waals surface area contributed by atoms with Crippen molar-refractivity contribution >= 4 is 11.8 Å². The molecular weight excluding hydrogens is 292 g/mol. The molecule has 4 heteroatoms. The summed E-state index contributed by atoms with van der Waals surface area (Å²) in [5, 5.41) is 10.7. The van der Waals surface area contributed by atoms with Crippen molar-refractivity contribution in [3.63, 3.8) is 0 Å². The van der Waals surface area contributed by atoms with Gasteiger partial charge >= 0.3 is 5.97 Å². The highest BCUT2D eigenvalue weighted by Gasteiger charge is 2.62. The summed E-state index contributed by atoms with van der Waals surface area (Å²) in [6.45, 7) is 6.33. The SMILES string of the molecule is COC(=O)[C@]1(C)CCC[C@@]2(C)[C@H]1C[C@@H](O)[C@@H]1CC(=O)[C@@H](C)C[C@@H]12. The third kappa shape index (κ3) is 2.36. The maximum absolute atomic E-state index is 12.5. The quantitative estimate of drug-likeness (QED) is 0.754. The zero-order chi connectivity index (χ0) is 17.0. The van der Waals surface area contributed by atoms with Crippen LogP contribution in [0.2, 0.25) is 0 Å². The zero-order valence-electron chi connectivity index (χ0n) is 14.8. The van der Waals surface area contributed by atoms with Gasteiger partial charge in [-0.3, -0.25) is 9.59 Å². The van der Waals surface area contributed by atoms with Crippen LogP contribution < -0.4 is 0 Å². The highest BCUT2D eigenvalue weighted by Crippen LogP contribution is 2.64. The van der Waals surface area contributed by atoms with Gasteiger partial charge in [0, 0.05) is 12.3 Å². The second-order valence-corrected chi connectivity index (χ2v) is 8.70. The Hall–Kier alpha value is -0.900. The van der Waals surface area contributed by atoms with E-state index in [1.54, 1.807) is 0 Å². The molecule has 0 heterocycles. The highest BCUT2D eigenvalue weighted by atomic mass is 16.5. The summed E-state index contributed by atoms with van der Waals surface area (Å²) < 4.78 is 5.12. The van der Waals surface area contributed by atoms with Gasteiger partial charge in [-0.15, -0.1) is 0 Å². The molecule has 23 heavy (non-hydrogen) atoms. The van der Waals surface area contributed by atoms with Crippen LogP contribution in [0.3, 0.4) is 0 Å². The number of carbonyl (C=O) groups is 2. The van der Waals surface area contributed by atoms with E-state index in [0.717, 1.165) is 25.7 Å². The molecule has 3 saturated carbocycles. The Bertz CT molecular complexity index is 515. The minimum atomic E-state index is -0.515. The molecule has 3 aliphatic rings. The summed E-state index contributed by atoms with van der Waals surface area (Å²) >= 11 is 0. The summed E-state index contributed by atoms with van der Waals surface area (Å²) in [5.74, 6) is 0.754. The fourth-order valence-corrected chi connectivity index (χ4v) is 6.20. The van der Waals surface area contributed by atoms with Gasteiger partial charge in [-0.1, -0.05) is 20.3 Å². The van der Waals surface area contributed by atoms with E-state index in [4.69, 9.17) is 4.74 Å². The zero-order valence-corrected chi connectivity index (χ0v) is 14.8. The molecule has 0 aromatic heterocycles. The van der Waals surface area contributed by atoms with E-state index >= 15 is 0 Å². The van der Waals surface area contributed by atoms with Gasteiger partial charge < -0.3 is 9.84 Å². The van der Waals surface area contributed by atoms with Gasteiger partial charge in [0.15, 0.2) is 0 Å². The molecule has 0 bridgehead atoms. The fourth-order valence-electron chi connectivity index (χ4n) is 6.20. The Morgan fingerprint density at radius 1 is 1.26 bits per heavy atom. The number of hydrogen-bond donors (Lipinski definition) is 1. The van der Waals surface area contributed by atoms with E-state index < -0.39 is 11.5 Å². The third-order valence-electron chi connectivity index (χ3n) is 7.56. The molecule has 130 valence electrons. The molecule has 0 aromatic carbocycles. The van der Waals surface area contributed by atoms with Crippen molar-refractivity contribution in [2.24, 2.45) is 34.5 Å². The first kappa shape index (κ1) is 16.9. The Morgan fingerprint density at radius 3 is 2.61 bits per heavy atom. The number of fused-ring (bicyclic) bond motifs is 3. The summed E-state index contributed by atoms with van der Waals surface area (Å²) in [6, 6.07) is 0. The van der Waals surface area contributed by atoms with Crippen molar-refractivity contribution < 1.29 is 19.4 Å². The van der Waals surface area contributed by atoms with Crippen LogP contribution in [0.25, 0.3) is 0 Å². The van der Waals surface area contributed by atoms with Gasteiger partial charge in [0.2, 0.25) is 0 Å². The molecule has 0 amide bonds. The lowest BCUT2D eigenvalue weighted by molar-refractivity contribution is -0.190. The molecule has 0 spiro atoms. The minimum Gasteiger partial charge on any atom is -0.469 e. The van der Waals surface area contributed by atoms with Crippen molar-refractivity contribution in [1.82, 2.24) is 0 Å². The smallest absolute Gasteiger partial charge is 0.311 e. The number of hydrogen-bond acceptors (Lipinski definition) is 4. The van der Waals surface area contributed by atoms with E-state index in [-0.39, 0.29) is 29.1 Å². The van der Waals surface area contributed by atoms with Crippen LogP contribution in [0.15, 0.2) is 0 Å². The van der Waals surface area contributed by atoms with Crippen molar-refractivity contribution in [2.45, 2.75) is 65.4 Å². The molecular formula is C19H30O4. The van der Waals surface area contributed by atoms with Crippen LogP contribution in [0, 0.1) is 34.5 Å². The van der Waals surface area contributed by atoms with Gasteiger partial charge in [-0.05, 0) is 55.8 Å². The van der Waals surface area contributed by atoms with Gasteiger partial charge in [0.25, 0.3) is 0 Å². The number of aliphatic hydroxyl groups excluding tert-OH is 1. The predicted molar refractivity (Wildman–Crippen MR) is 86.6 cm³/mol. The second kappa shape index (κ2) is 5.58. The summed E-state index contributed by atoms with van der Waals surface area (Å²) in [6.07, 6.45) is 4.43. The number of aliphatic hydroxyl groups is 1. The molecule has 0 radical (unpaired) electrons. The summed E-state index contributed by atoms with van der Waals surface area (Å²) in [7, 11) is 1.46. The monoisotopic (exact) mass is 322 g/mol. The maximum atomic E-state index is 12.5. The van der Waals surface area contributed by atoms with Crippen LogP contribution in [0.1, 0.15) is 59.3 Å². The minimum absolute atomic E-state index is 0.0139. The first-order valence-corrected chi connectivity index (χ1v) is 9.03. The molecule has 4 nitrogen and oxygen atoms in total. The van der Waals surface area contributed by atoms with Crippen LogP contribution in [-0.4, -0.2) is 30.1 Å². The van der Waals surface area contributed by atoms with E-state index in [1.165, 1.54) is 7.11 Å². The normalized spacial score (nSPS) is 50.0. The van der Waals surface area contributed by atoms with Crippen molar-refractivity contribution in [1.29, 1.82) is 0 Å². The Balaban J connectivity index is 1.99. The number of esters is 1. The standard InChI is InChI=1S/C19H30O4/c1-11-8-13-12(9-14(11)20)15(21)10-16-18(13,2)6-5-7-19(16,3)17(22)23-4/h11-13,15-16,21H,5-10H2,1-4H3/t11-,12+,13-,15+,16+,18+,19+/m0/s1. The van der Waals surface area contributed by atoms with Gasteiger partial charge in [0.05, 0.1) is 18.6 Å². The Morgan fingerprint density at radius 2 is 1.96 bits per heavy atom. The molecule has 0 aliphatic heterocycles. The molecule has 7 atom stereocenters. The second-order valence-electron chi connectivity index (χ2n) is 8.70. The molecule has 0 saturated heterocycles. The van der Waals surface area contributed by atoms with Gasteiger partial charge in [0.1, 0.15) is 5.78 Å². The van der Waals surface area contributed by atoms with Gasteiger partial charge in [-0.25, -0.2) is 0 Å². The molecule has 0 unspecified atom stereocenters. The van der Waals surface area contributed by atoms with E-state index in [0.29, 0.717) is 24.5 Å². The first-order valence-electron chi connectivity index (χ1n) is 9.03. The number of rotatable bonds is 1. The summed E-state index contributed by atoms with van der Waals surface area (Å²) in [4.78, 5) is 24.7. The lowest BCUT2D eigenvalue weighted by Gasteiger charge is -2.61. The molecule has 0 aromatic rings. The van der Waals surface area contributed by atoms with Crippen LogP contribution in [0.4, 0.5) is 0 Å². The average Bonchev–Trinajstić information content (AvgIpc) is 2.51.